The molecule has 2 aliphatic heterocycles. The molecule has 2 fully saturated rings. The molecule has 1 unspecified atom stereocenters. The van der Waals surface area contributed by atoms with Gasteiger partial charge in [0.25, 0.3) is 10.9 Å². The van der Waals surface area contributed by atoms with Gasteiger partial charge < -0.3 is 10.6 Å². The molecule has 0 spiro atoms. The summed E-state index contributed by atoms with van der Waals surface area (Å²) in [6.45, 7) is 0. The Bertz CT molecular complexity index is 1170. The summed E-state index contributed by atoms with van der Waals surface area (Å²) in [4.78, 5) is 48.4. The van der Waals surface area contributed by atoms with Gasteiger partial charge in [-0.3, -0.25) is 29.4 Å². The Morgan fingerprint density at radius 3 is 2.58 bits per heavy atom. The highest BCUT2D eigenvalue weighted by molar-refractivity contribution is 8.15. The highest BCUT2D eigenvalue weighted by atomic mass is 32.2. The van der Waals surface area contributed by atoms with Crippen LogP contribution in [0.15, 0.2) is 64.8 Å². The van der Waals surface area contributed by atoms with Crippen molar-refractivity contribution < 1.29 is 19.3 Å². The molecular formula is C20H16N6O5S2. The van der Waals surface area contributed by atoms with E-state index in [4.69, 9.17) is 0 Å². The third kappa shape index (κ3) is 5.38. The predicted octanol–water partition coefficient (Wildman–Crippen LogP) is 3.20. The van der Waals surface area contributed by atoms with Gasteiger partial charge >= 0.3 is 0 Å². The summed E-state index contributed by atoms with van der Waals surface area (Å²) in [6, 6.07) is 14.4. The lowest BCUT2D eigenvalue weighted by atomic mass is 10.2. The van der Waals surface area contributed by atoms with Crippen LogP contribution in [0.2, 0.25) is 0 Å². The number of rotatable bonds is 6. The summed E-state index contributed by atoms with van der Waals surface area (Å²) >= 11 is 2.17. The van der Waals surface area contributed by atoms with E-state index in [1.807, 2.05) is 18.2 Å². The third-order valence-electron chi connectivity index (χ3n) is 4.55. The number of hydrogen-bond donors (Lipinski definition) is 2. The number of nitrogens with one attached hydrogen (secondary N) is 2. The summed E-state index contributed by atoms with van der Waals surface area (Å²) in [7, 11) is 0. The second-order valence-electron chi connectivity index (χ2n) is 6.80. The zero-order chi connectivity index (χ0) is 23.4. The molecule has 0 saturated carbocycles. The molecule has 168 valence electrons. The van der Waals surface area contributed by atoms with Gasteiger partial charge in [-0.15, -0.1) is 10.2 Å². The Balaban J connectivity index is 1.38. The maximum atomic E-state index is 12.3. The molecule has 3 amide bonds. The summed E-state index contributed by atoms with van der Waals surface area (Å²) in [6.07, 6.45) is -0.118. The molecule has 0 aliphatic carbocycles. The van der Waals surface area contributed by atoms with Gasteiger partial charge in [0, 0.05) is 24.2 Å². The molecule has 11 nitrogen and oxygen atoms in total. The number of non-ortho nitro benzene ring substituents is 1. The number of nitro groups is 1. The molecular weight excluding hydrogens is 468 g/mol. The number of amides is 3. The van der Waals surface area contributed by atoms with Crippen molar-refractivity contribution in [1.82, 2.24) is 5.32 Å². The van der Waals surface area contributed by atoms with Crippen molar-refractivity contribution in [3.63, 3.8) is 0 Å². The summed E-state index contributed by atoms with van der Waals surface area (Å²) in [5, 5.41) is 23.5. The molecule has 2 aliphatic rings. The van der Waals surface area contributed by atoms with Gasteiger partial charge in [0.1, 0.15) is 11.1 Å². The lowest BCUT2D eigenvalue weighted by molar-refractivity contribution is -0.384. The smallest absolute Gasteiger partial charge is 0.292 e. The molecule has 33 heavy (non-hydrogen) atoms. The van der Waals surface area contributed by atoms with Gasteiger partial charge in [0.15, 0.2) is 5.17 Å². The van der Waals surface area contributed by atoms with Crippen molar-refractivity contribution in [2.45, 2.75) is 11.7 Å². The molecule has 2 aromatic carbocycles. The first kappa shape index (κ1) is 22.5. The Hall–Kier alpha value is -3.71. The van der Waals surface area contributed by atoms with E-state index >= 15 is 0 Å². The monoisotopic (exact) mass is 484 g/mol. The third-order valence-corrected chi connectivity index (χ3v) is 6.45. The first-order chi connectivity index (χ1) is 15.9. The Morgan fingerprint density at radius 1 is 1.15 bits per heavy atom. The van der Waals surface area contributed by atoms with Gasteiger partial charge in [0.2, 0.25) is 11.8 Å². The van der Waals surface area contributed by atoms with Crippen molar-refractivity contribution >= 4 is 68.6 Å². The van der Waals surface area contributed by atoms with Crippen LogP contribution >= 0.6 is 23.5 Å². The van der Waals surface area contributed by atoms with E-state index in [1.165, 1.54) is 29.2 Å². The van der Waals surface area contributed by atoms with Crippen molar-refractivity contribution in [2.24, 2.45) is 10.2 Å². The summed E-state index contributed by atoms with van der Waals surface area (Å²) in [5.74, 6) is -0.00546. The number of anilines is 2. The lowest BCUT2D eigenvalue weighted by Gasteiger charge is -2.14. The zero-order valence-corrected chi connectivity index (χ0v) is 18.5. The Labute approximate surface area is 195 Å². The maximum absolute atomic E-state index is 12.3. The minimum absolute atomic E-state index is 0.0885. The second kappa shape index (κ2) is 9.83. The van der Waals surface area contributed by atoms with Gasteiger partial charge in [0.05, 0.1) is 16.4 Å². The van der Waals surface area contributed by atoms with Crippen LogP contribution in [0.5, 0.6) is 0 Å². The Kier molecular flexibility index (Phi) is 6.70. The fourth-order valence-electron chi connectivity index (χ4n) is 3.00. The van der Waals surface area contributed by atoms with Gasteiger partial charge in [-0.05, 0) is 24.3 Å². The van der Waals surface area contributed by atoms with Crippen LogP contribution in [-0.2, 0) is 9.59 Å². The van der Waals surface area contributed by atoms with Crippen molar-refractivity contribution in [3.8, 4) is 0 Å². The molecule has 13 heteroatoms. The predicted molar refractivity (Wildman–Crippen MR) is 128 cm³/mol. The fraction of sp³-hybridized carbons (Fsp3) is 0.150. The van der Waals surface area contributed by atoms with Crippen LogP contribution in [0.3, 0.4) is 0 Å². The Morgan fingerprint density at radius 2 is 1.88 bits per heavy atom. The van der Waals surface area contributed by atoms with Gasteiger partial charge in [-0.2, -0.15) is 0 Å². The van der Waals surface area contributed by atoms with E-state index in [1.54, 1.807) is 12.1 Å². The summed E-state index contributed by atoms with van der Waals surface area (Å²) in [5.41, 5.74) is 0.975. The number of thioether (sulfide) groups is 2. The van der Waals surface area contributed by atoms with E-state index in [0.717, 1.165) is 23.5 Å². The van der Waals surface area contributed by atoms with E-state index in [2.05, 4.69) is 20.8 Å². The standard InChI is InChI=1S/C20H16N6O5S2/c27-17(21-12-6-8-14(9-7-12)26(30)31)10-15-18(28)22-19(33-15)24-23-16-11-32-20(29)25(16)13-4-2-1-3-5-13/h1-9,15H,10-11H2,(H,21,27)(H,22,24,28)/b23-16+. The van der Waals surface area contributed by atoms with E-state index in [0.29, 0.717) is 23.0 Å². The molecule has 4 rings (SSSR count). The van der Waals surface area contributed by atoms with E-state index in [-0.39, 0.29) is 28.4 Å². The van der Waals surface area contributed by atoms with Crippen LogP contribution in [-0.4, -0.2) is 44.0 Å². The molecule has 2 aromatic rings. The van der Waals surface area contributed by atoms with E-state index in [9.17, 15) is 24.5 Å². The number of nitro benzene ring substituents is 1. The van der Waals surface area contributed by atoms with Gasteiger partial charge in [-0.1, -0.05) is 41.7 Å². The highest BCUT2D eigenvalue weighted by Gasteiger charge is 2.33. The zero-order valence-electron chi connectivity index (χ0n) is 16.8. The minimum atomic E-state index is -0.702. The number of amidine groups is 2. The molecule has 0 aromatic heterocycles. The van der Waals surface area contributed by atoms with Crippen LogP contribution in [0.25, 0.3) is 0 Å². The summed E-state index contributed by atoms with van der Waals surface area (Å²) < 4.78 is 0. The van der Waals surface area contributed by atoms with E-state index < -0.39 is 16.1 Å². The quantitative estimate of drug-likeness (QED) is 0.473. The SMILES string of the molecule is O=C(CC1S/C(=N/N=C2\CSC(=O)N2c2ccccc2)NC1=O)Nc1ccc([N+](=O)[O-])cc1. The number of para-hydroxylation sites is 1. The number of nitrogens with zero attached hydrogens (tertiary/aromatic N) is 4. The molecule has 2 heterocycles. The number of hydrogen-bond acceptors (Lipinski definition) is 9. The second-order valence-corrected chi connectivity index (χ2v) is 8.92. The maximum Gasteiger partial charge on any atom is 0.292 e. The minimum Gasteiger partial charge on any atom is -0.326 e. The fourth-order valence-corrected chi connectivity index (χ4v) is 4.70. The highest BCUT2D eigenvalue weighted by Crippen LogP contribution is 2.28. The van der Waals surface area contributed by atoms with Crippen molar-refractivity contribution in [3.05, 3.63) is 64.7 Å². The van der Waals surface area contributed by atoms with Crippen molar-refractivity contribution in [1.29, 1.82) is 0 Å². The number of carbonyl (C=O) groups excluding carboxylic acids is 3. The van der Waals surface area contributed by atoms with Crippen LogP contribution < -0.4 is 15.5 Å². The average molecular weight is 485 g/mol. The van der Waals surface area contributed by atoms with Crippen LogP contribution in [0, 0.1) is 10.1 Å². The lowest BCUT2D eigenvalue weighted by Crippen LogP contribution is -2.29. The molecule has 0 radical (unpaired) electrons. The average Bonchev–Trinajstić information content (AvgIpc) is 3.34. The number of benzene rings is 2. The van der Waals surface area contributed by atoms with Gasteiger partial charge in [-0.25, -0.2) is 0 Å². The first-order valence-electron chi connectivity index (χ1n) is 9.59. The largest absolute Gasteiger partial charge is 0.326 e. The van der Waals surface area contributed by atoms with Crippen LogP contribution in [0.4, 0.5) is 21.9 Å². The topological polar surface area (TPSA) is 146 Å². The molecule has 2 N–H and O–H groups in total. The van der Waals surface area contributed by atoms with Crippen LogP contribution in [0.1, 0.15) is 6.42 Å². The number of carbonyl (C=O) groups is 3. The normalized spacial score (nSPS) is 20.4. The first-order valence-corrected chi connectivity index (χ1v) is 11.5. The van der Waals surface area contributed by atoms with Crippen molar-refractivity contribution in [2.75, 3.05) is 16.0 Å². The molecule has 0 bridgehead atoms. The molecule has 2 saturated heterocycles. The molecule has 1 atom stereocenters.